The highest BCUT2D eigenvalue weighted by molar-refractivity contribution is 7.11. The average Bonchev–Trinajstić information content (AvgIpc) is 2.77. The van der Waals surface area contributed by atoms with Crippen molar-refractivity contribution in [2.75, 3.05) is 0 Å². The summed E-state index contributed by atoms with van der Waals surface area (Å²) in [5, 5.41) is 7.12. The van der Waals surface area contributed by atoms with Crippen LogP contribution >= 0.6 is 11.3 Å². The number of hydrogen-bond donors (Lipinski definition) is 1. The van der Waals surface area contributed by atoms with Gasteiger partial charge >= 0.3 is 0 Å². The smallest absolute Gasteiger partial charge is 0.124 e. The molecule has 3 nitrogen and oxygen atoms in total. The lowest BCUT2D eigenvalue weighted by Crippen LogP contribution is -2.11. The average molecular weight is 208 g/mol. The summed E-state index contributed by atoms with van der Waals surface area (Å²) in [4.78, 5) is 2.70. The van der Waals surface area contributed by atoms with Crippen LogP contribution in [-0.2, 0) is 13.1 Å². The molecule has 0 fully saturated rings. The lowest BCUT2D eigenvalue weighted by Gasteiger charge is -1.98. The van der Waals surface area contributed by atoms with Crippen molar-refractivity contribution >= 4 is 11.3 Å². The van der Waals surface area contributed by atoms with Crippen LogP contribution in [0.25, 0.3) is 0 Å². The molecule has 74 valence electrons. The normalized spacial score (nSPS) is 10.6. The van der Waals surface area contributed by atoms with Crippen molar-refractivity contribution < 1.29 is 4.52 Å². The van der Waals surface area contributed by atoms with Gasteiger partial charge in [-0.3, -0.25) is 0 Å². The van der Waals surface area contributed by atoms with E-state index in [1.807, 2.05) is 17.4 Å². The fourth-order valence-electron chi connectivity index (χ4n) is 1.22. The molecule has 0 bridgehead atoms. The minimum atomic E-state index is 0.757. The zero-order chi connectivity index (χ0) is 9.80. The van der Waals surface area contributed by atoms with Crippen LogP contribution in [0.1, 0.15) is 15.4 Å². The maximum Gasteiger partial charge on any atom is 0.124 e. The van der Waals surface area contributed by atoms with E-state index in [4.69, 9.17) is 4.52 Å². The zero-order valence-electron chi connectivity index (χ0n) is 7.99. The second-order valence-electron chi connectivity index (χ2n) is 3.11. The Morgan fingerprint density at radius 2 is 2.29 bits per heavy atom. The van der Waals surface area contributed by atoms with Crippen molar-refractivity contribution in [3.8, 4) is 0 Å². The molecule has 0 spiro atoms. The van der Waals surface area contributed by atoms with Gasteiger partial charge < -0.3 is 9.84 Å². The molecule has 2 aromatic rings. The van der Waals surface area contributed by atoms with E-state index in [-0.39, 0.29) is 0 Å². The van der Waals surface area contributed by atoms with E-state index in [1.54, 1.807) is 6.26 Å². The van der Waals surface area contributed by atoms with E-state index in [1.165, 1.54) is 9.75 Å². The van der Waals surface area contributed by atoms with Gasteiger partial charge in [0.1, 0.15) is 6.26 Å². The highest BCUT2D eigenvalue weighted by atomic mass is 32.1. The summed E-state index contributed by atoms with van der Waals surface area (Å²) in [6.07, 6.45) is 1.59. The minimum Gasteiger partial charge on any atom is -0.364 e. The molecule has 2 heterocycles. The van der Waals surface area contributed by atoms with Crippen LogP contribution in [0, 0.1) is 6.92 Å². The molecule has 1 N–H and O–H groups in total. The van der Waals surface area contributed by atoms with Gasteiger partial charge in [-0.1, -0.05) is 5.16 Å². The van der Waals surface area contributed by atoms with Crippen molar-refractivity contribution in [3.05, 3.63) is 39.9 Å². The Kier molecular flexibility index (Phi) is 2.96. The van der Waals surface area contributed by atoms with E-state index in [0.717, 1.165) is 18.8 Å². The zero-order valence-corrected chi connectivity index (χ0v) is 8.80. The summed E-state index contributed by atoms with van der Waals surface area (Å²) in [6.45, 7) is 3.77. The number of thiophene rings is 1. The fraction of sp³-hybridized carbons (Fsp3) is 0.300. The topological polar surface area (TPSA) is 38.1 Å². The van der Waals surface area contributed by atoms with Crippen molar-refractivity contribution in [2.24, 2.45) is 0 Å². The Morgan fingerprint density at radius 3 is 2.93 bits per heavy atom. The summed E-state index contributed by atoms with van der Waals surface area (Å²) in [7, 11) is 0. The molecule has 0 aliphatic heterocycles. The highest BCUT2D eigenvalue weighted by Crippen LogP contribution is 2.14. The van der Waals surface area contributed by atoms with Gasteiger partial charge in [-0.2, -0.15) is 0 Å². The summed E-state index contributed by atoms with van der Waals surface area (Å²) in [5.74, 6) is 0. The van der Waals surface area contributed by atoms with Crippen molar-refractivity contribution in [3.63, 3.8) is 0 Å². The molecular weight excluding hydrogens is 196 g/mol. The molecule has 0 atom stereocenters. The third-order valence-corrected chi connectivity index (χ3v) is 2.89. The van der Waals surface area contributed by atoms with Crippen LogP contribution < -0.4 is 5.32 Å². The Morgan fingerprint density at radius 1 is 1.36 bits per heavy atom. The molecule has 0 saturated carbocycles. The lowest BCUT2D eigenvalue weighted by molar-refractivity contribution is 0.408. The molecule has 4 heteroatoms. The summed E-state index contributed by atoms with van der Waals surface area (Å²) < 4.78 is 4.73. The fourth-order valence-corrected chi connectivity index (χ4v) is 2.08. The molecule has 0 aromatic carbocycles. The maximum atomic E-state index is 4.73. The van der Waals surface area contributed by atoms with Crippen molar-refractivity contribution in [2.45, 2.75) is 20.0 Å². The van der Waals surface area contributed by atoms with Crippen LogP contribution in [0.5, 0.6) is 0 Å². The molecule has 0 unspecified atom stereocenters. The van der Waals surface area contributed by atoms with E-state index < -0.39 is 0 Å². The molecule has 14 heavy (non-hydrogen) atoms. The maximum absolute atomic E-state index is 4.73. The third-order valence-electron chi connectivity index (χ3n) is 1.89. The lowest BCUT2D eigenvalue weighted by atomic mass is 10.4. The van der Waals surface area contributed by atoms with Gasteiger partial charge in [0, 0.05) is 28.9 Å². The predicted octanol–water partition coefficient (Wildman–Crippen LogP) is 2.33. The van der Waals surface area contributed by atoms with Gasteiger partial charge in [-0.15, -0.1) is 11.3 Å². The predicted molar refractivity (Wildman–Crippen MR) is 56.1 cm³/mol. The van der Waals surface area contributed by atoms with Gasteiger partial charge in [-0.25, -0.2) is 0 Å². The largest absolute Gasteiger partial charge is 0.364 e. The SMILES string of the molecule is Cc1ccc(CNCc2ccon2)s1. The van der Waals surface area contributed by atoms with Crippen LogP contribution in [0.3, 0.4) is 0 Å². The minimum absolute atomic E-state index is 0.757. The van der Waals surface area contributed by atoms with Crippen molar-refractivity contribution in [1.82, 2.24) is 10.5 Å². The van der Waals surface area contributed by atoms with Gasteiger partial charge in [-0.05, 0) is 19.1 Å². The standard InChI is InChI=1S/C10H12N2OS/c1-8-2-3-10(14-8)7-11-6-9-4-5-13-12-9/h2-5,11H,6-7H2,1H3. The van der Waals surface area contributed by atoms with Gasteiger partial charge in [0.05, 0.1) is 5.69 Å². The number of aryl methyl sites for hydroxylation is 1. The number of rotatable bonds is 4. The van der Waals surface area contributed by atoms with Gasteiger partial charge in [0.15, 0.2) is 0 Å². The first-order valence-electron chi connectivity index (χ1n) is 4.50. The van der Waals surface area contributed by atoms with Gasteiger partial charge in [0.2, 0.25) is 0 Å². The number of aromatic nitrogens is 1. The van der Waals surface area contributed by atoms with E-state index in [9.17, 15) is 0 Å². The van der Waals surface area contributed by atoms with Crippen LogP contribution in [-0.4, -0.2) is 5.16 Å². The van der Waals surface area contributed by atoms with Gasteiger partial charge in [0.25, 0.3) is 0 Å². The Labute approximate surface area is 86.7 Å². The van der Waals surface area contributed by atoms with E-state index >= 15 is 0 Å². The Hall–Kier alpha value is -1.13. The van der Waals surface area contributed by atoms with Crippen LogP contribution in [0.2, 0.25) is 0 Å². The molecule has 0 saturated heterocycles. The molecule has 2 rings (SSSR count). The quantitative estimate of drug-likeness (QED) is 0.838. The van der Waals surface area contributed by atoms with Crippen LogP contribution in [0.4, 0.5) is 0 Å². The second kappa shape index (κ2) is 4.39. The van der Waals surface area contributed by atoms with E-state index in [0.29, 0.717) is 0 Å². The van der Waals surface area contributed by atoms with Crippen LogP contribution in [0.15, 0.2) is 29.0 Å². The first-order chi connectivity index (χ1) is 6.84. The molecule has 0 aliphatic rings. The first-order valence-corrected chi connectivity index (χ1v) is 5.31. The summed E-state index contributed by atoms with van der Waals surface area (Å²) >= 11 is 1.82. The first kappa shape index (κ1) is 9.43. The molecule has 0 amide bonds. The molecule has 0 radical (unpaired) electrons. The second-order valence-corrected chi connectivity index (χ2v) is 4.48. The van der Waals surface area contributed by atoms with Crippen molar-refractivity contribution in [1.29, 1.82) is 0 Å². The molecular formula is C10H12N2OS. The van der Waals surface area contributed by atoms with E-state index in [2.05, 4.69) is 29.5 Å². The summed E-state index contributed by atoms with van der Waals surface area (Å²) in [6, 6.07) is 6.15. The third kappa shape index (κ3) is 2.43. The Bertz CT molecular complexity index is 380. The monoisotopic (exact) mass is 208 g/mol. The molecule has 2 aromatic heterocycles. The number of hydrogen-bond acceptors (Lipinski definition) is 4. The Balaban J connectivity index is 1.78. The number of nitrogens with zero attached hydrogens (tertiary/aromatic N) is 1. The number of nitrogens with one attached hydrogen (secondary N) is 1. The molecule has 0 aliphatic carbocycles. The highest BCUT2D eigenvalue weighted by Gasteiger charge is 1.98. The summed E-state index contributed by atoms with van der Waals surface area (Å²) in [5.41, 5.74) is 0.943.